The lowest BCUT2D eigenvalue weighted by molar-refractivity contribution is 0.122. The summed E-state index contributed by atoms with van der Waals surface area (Å²) in [5, 5.41) is 4.92. The number of rotatable bonds is 7. The standard InChI is InChI=1S/C26H27F2N7O5S/c1-38-19-9-20(39-2)23(28)21(22(19)27)18-8-15-10-29-25(32-24(15)26(31-18)33-4-6-40-7-5-33)16-11-30-35(12-16)17-13-34(14-17)41(3,36)37/h8-12,17H,4-7,13-14H2,1-3H3. The van der Waals surface area contributed by atoms with E-state index >= 15 is 8.78 Å². The highest BCUT2D eigenvalue weighted by molar-refractivity contribution is 7.88. The molecule has 0 saturated carbocycles. The van der Waals surface area contributed by atoms with Crippen LogP contribution in [0.1, 0.15) is 6.04 Å². The number of fused-ring (bicyclic) bond motifs is 1. The molecule has 2 aliphatic rings. The van der Waals surface area contributed by atoms with Crippen LogP contribution in [0.25, 0.3) is 33.5 Å². The Labute approximate surface area is 234 Å². The number of anilines is 1. The number of benzene rings is 1. The Morgan fingerprint density at radius 1 is 1.00 bits per heavy atom. The number of methoxy groups -OCH3 is 2. The van der Waals surface area contributed by atoms with Crippen LogP contribution in [0, 0.1) is 11.6 Å². The minimum Gasteiger partial charge on any atom is -0.494 e. The molecule has 4 aromatic rings. The van der Waals surface area contributed by atoms with Crippen LogP contribution < -0.4 is 14.4 Å². The van der Waals surface area contributed by atoms with Crippen molar-refractivity contribution in [2.75, 3.05) is 64.8 Å². The molecular formula is C26H27F2N7O5S. The molecule has 216 valence electrons. The van der Waals surface area contributed by atoms with Crippen LogP contribution in [0.4, 0.5) is 14.6 Å². The highest BCUT2D eigenvalue weighted by Crippen LogP contribution is 2.39. The molecule has 3 aromatic heterocycles. The van der Waals surface area contributed by atoms with Gasteiger partial charge < -0.3 is 19.1 Å². The van der Waals surface area contributed by atoms with Gasteiger partial charge in [-0.2, -0.15) is 9.40 Å². The molecule has 0 atom stereocenters. The molecule has 0 unspecified atom stereocenters. The Hall–Kier alpha value is -3.95. The van der Waals surface area contributed by atoms with E-state index < -0.39 is 21.7 Å². The third kappa shape index (κ3) is 4.93. The first-order valence-electron chi connectivity index (χ1n) is 12.8. The molecule has 0 aliphatic carbocycles. The van der Waals surface area contributed by atoms with E-state index in [4.69, 9.17) is 24.2 Å². The van der Waals surface area contributed by atoms with E-state index in [0.717, 1.165) is 6.07 Å². The fourth-order valence-electron chi connectivity index (χ4n) is 4.90. The van der Waals surface area contributed by atoms with Crippen LogP contribution in [0.5, 0.6) is 11.5 Å². The van der Waals surface area contributed by atoms with E-state index in [1.54, 1.807) is 23.3 Å². The Morgan fingerprint density at radius 2 is 1.68 bits per heavy atom. The Kier molecular flexibility index (Phi) is 6.95. The Morgan fingerprint density at radius 3 is 2.32 bits per heavy atom. The van der Waals surface area contributed by atoms with Gasteiger partial charge in [0.1, 0.15) is 5.52 Å². The second-order valence-corrected chi connectivity index (χ2v) is 11.8. The van der Waals surface area contributed by atoms with Crippen molar-refractivity contribution in [3.8, 4) is 34.1 Å². The van der Waals surface area contributed by atoms with Gasteiger partial charge in [0.2, 0.25) is 10.0 Å². The summed E-state index contributed by atoms with van der Waals surface area (Å²) in [4.78, 5) is 15.9. The van der Waals surface area contributed by atoms with Crippen LogP contribution in [0.15, 0.2) is 30.7 Å². The average Bonchev–Trinajstić information content (AvgIpc) is 3.41. The van der Waals surface area contributed by atoms with E-state index in [0.29, 0.717) is 67.5 Å². The summed E-state index contributed by atoms with van der Waals surface area (Å²) in [7, 11) is -0.666. The number of hydrogen-bond acceptors (Lipinski definition) is 10. The molecule has 2 saturated heterocycles. The Balaban J connectivity index is 1.43. The van der Waals surface area contributed by atoms with Gasteiger partial charge in [-0.05, 0) is 6.07 Å². The SMILES string of the molecule is COc1cc(OC)c(F)c(-c2cc3cnc(-c4cnn(C5CN(S(C)(=O)=O)C5)c4)nc3c(N3CCOCC3)n2)c1F. The maximum Gasteiger partial charge on any atom is 0.211 e. The summed E-state index contributed by atoms with van der Waals surface area (Å²) in [6.07, 6.45) is 6.15. The summed E-state index contributed by atoms with van der Waals surface area (Å²) < 4.78 is 73.1. The van der Waals surface area contributed by atoms with Crippen molar-refractivity contribution in [1.29, 1.82) is 0 Å². The van der Waals surface area contributed by atoms with Crippen LogP contribution >= 0.6 is 0 Å². The average molecular weight is 588 g/mol. The van der Waals surface area contributed by atoms with Crippen LogP contribution in [-0.2, 0) is 14.8 Å². The van der Waals surface area contributed by atoms with Gasteiger partial charge in [0, 0.05) is 50.0 Å². The number of nitrogens with zero attached hydrogens (tertiary/aromatic N) is 7. The van der Waals surface area contributed by atoms with Crippen LogP contribution in [0.2, 0.25) is 0 Å². The van der Waals surface area contributed by atoms with Crippen molar-refractivity contribution >= 4 is 26.7 Å². The smallest absolute Gasteiger partial charge is 0.211 e. The van der Waals surface area contributed by atoms with Crippen LogP contribution in [-0.4, -0.2) is 97.3 Å². The lowest BCUT2D eigenvalue weighted by Crippen LogP contribution is -2.50. The van der Waals surface area contributed by atoms with Crippen molar-refractivity contribution in [3.63, 3.8) is 0 Å². The fraction of sp³-hybridized carbons (Fsp3) is 0.385. The number of morpholine rings is 1. The predicted molar refractivity (Wildman–Crippen MR) is 145 cm³/mol. The summed E-state index contributed by atoms with van der Waals surface area (Å²) in [5.74, 6) is -1.35. The van der Waals surface area contributed by atoms with Crippen molar-refractivity contribution in [2.45, 2.75) is 6.04 Å². The number of ether oxygens (including phenoxy) is 3. The summed E-state index contributed by atoms with van der Waals surface area (Å²) in [6.45, 7) is 2.62. The largest absolute Gasteiger partial charge is 0.494 e. The number of pyridine rings is 1. The van der Waals surface area contributed by atoms with Gasteiger partial charge in [-0.25, -0.2) is 32.2 Å². The summed E-state index contributed by atoms with van der Waals surface area (Å²) in [6, 6.07) is 2.59. The highest BCUT2D eigenvalue weighted by Gasteiger charge is 2.35. The molecule has 41 heavy (non-hydrogen) atoms. The van der Waals surface area contributed by atoms with Gasteiger partial charge in [0.15, 0.2) is 34.8 Å². The second kappa shape index (κ2) is 10.5. The fourth-order valence-corrected chi connectivity index (χ4v) is 5.79. The Bertz CT molecular complexity index is 1710. The van der Waals surface area contributed by atoms with Gasteiger partial charge in [-0.3, -0.25) is 4.68 Å². The molecule has 1 aromatic carbocycles. The minimum atomic E-state index is -3.24. The highest BCUT2D eigenvalue weighted by atomic mass is 32.2. The molecule has 15 heteroatoms. The van der Waals surface area contributed by atoms with Gasteiger partial charge in [0.25, 0.3) is 0 Å². The lowest BCUT2D eigenvalue weighted by Gasteiger charge is -2.36. The summed E-state index contributed by atoms with van der Waals surface area (Å²) in [5.41, 5.74) is 0.787. The molecule has 0 radical (unpaired) electrons. The van der Waals surface area contributed by atoms with E-state index in [9.17, 15) is 8.42 Å². The van der Waals surface area contributed by atoms with Gasteiger partial charge in [-0.1, -0.05) is 0 Å². The molecule has 6 rings (SSSR count). The molecule has 5 heterocycles. The monoisotopic (exact) mass is 587 g/mol. The number of aromatic nitrogens is 5. The number of hydrogen-bond donors (Lipinski definition) is 0. The van der Waals surface area contributed by atoms with Crippen molar-refractivity contribution in [2.24, 2.45) is 0 Å². The normalized spacial score (nSPS) is 16.7. The maximum absolute atomic E-state index is 15.4. The predicted octanol–water partition coefficient (Wildman–Crippen LogP) is 2.50. The quantitative estimate of drug-likeness (QED) is 0.319. The van der Waals surface area contributed by atoms with Crippen LogP contribution in [0.3, 0.4) is 0 Å². The van der Waals surface area contributed by atoms with Gasteiger partial charge in [0.05, 0.1) is 62.7 Å². The molecule has 0 amide bonds. The molecule has 0 spiro atoms. The van der Waals surface area contributed by atoms with Gasteiger partial charge in [-0.15, -0.1) is 0 Å². The van der Waals surface area contributed by atoms with E-state index in [2.05, 4.69) is 10.1 Å². The zero-order chi connectivity index (χ0) is 28.9. The summed E-state index contributed by atoms with van der Waals surface area (Å²) >= 11 is 0. The lowest BCUT2D eigenvalue weighted by atomic mass is 10.1. The third-order valence-corrected chi connectivity index (χ3v) is 8.46. The first-order valence-corrected chi connectivity index (χ1v) is 14.6. The molecule has 12 nitrogen and oxygen atoms in total. The van der Waals surface area contributed by atoms with Crippen molar-refractivity contribution < 1.29 is 31.4 Å². The number of sulfonamides is 1. The topological polar surface area (TPSA) is 125 Å². The number of halogens is 2. The zero-order valence-corrected chi connectivity index (χ0v) is 23.4. The van der Waals surface area contributed by atoms with E-state index in [1.165, 1.54) is 30.8 Å². The zero-order valence-electron chi connectivity index (χ0n) is 22.5. The maximum atomic E-state index is 15.4. The van der Waals surface area contributed by atoms with Crippen molar-refractivity contribution in [3.05, 3.63) is 42.4 Å². The first kappa shape index (κ1) is 27.2. The molecule has 0 bridgehead atoms. The third-order valence-electron chi connectivity index (χ3n) is 7.22. The first-order chi connectivity index (χ1) is 19.7. The van der Waals surface area contributed by atoms with E-state index in [1.807, 2.05) is 4.90 Å². The van der Waals surface area contributed by atoms with E-state index in [-0.39, 0.29) is 28.8 Å². The van der Waals surface area contributed by atoms with Gasteiger partial charge >= 0.3 is 0 Å². The molecule has 0 N–H and O–H groups in total. The second-order valence-electron chi connectivity index (χ2n) is 9.79. The molecule has 2 aliphatic heterocycles. The molecular weight excluding hydrogens is 560 g/mol. The molecule has 2 fully saturated rings. The minimum absolute atomic E-state index is 0.0378. The van der Waals surface area contributed by atoms with Crippen molar-refractivity contribution in [1.82, 2.24) is 29.0 Å².